The summed E-state index contributed by atoms with van der Waals surface area (Å²) in [6, 6.07) is 10.3. The van der Waals surface area contributed by atoms with E-state index in [1.807, 2.05) is 18.2 Å². The maximum atomic E-state index is 12.8. The molecule has 0 saturated heterocycles. The Morgan fingerprint density at radius 3 is 2.94 bits per heavy atom. The first kappa shape index (κ1) is 19.6. The molecule has 0 bridgehead atoms. The minimum atomic E-state index is -2.94. The molecule has 0 atom stereocenters. The number of ether oxygens (including phenoxy) is 1. The maximum Gasteiger partial charge on any atom is 0.388 e. The number of nitrogens with one attached hydrogen (secondary N) is 2. The molecule has 32 heavy (non-hydrogen) atoms. The molecule has 1 amide bonds. The molecule has 1 aliphatic rings. The molecule has 0 spiro atoms. The summed E-state index contributed by atoms with van der Waals surface area (Å²) < 4.78 is 31.0. The Kier molecular flexibility index (Phi) is 4.94. The second-order valence-electron chi connectivity index (χ2n) is 6.92. The van der Waals surface area contributed by atoms with Crippen molar-refractivity contribution in [1.29, 1.82) is 0 Å². The summed E-state index contributed by atoms with van der Waals surface area (Å²) in [6.45, 7) is -2.48. The molecule has 5 heterocycles. The normalized spacial score (nSPS) is 12.8. The van der Waals surface area contributed by atoms with E-state index in [0.29, 0.717) is 29.1 Å². The number of hydrogen-bond acceptors (Lipinski definition) is 6. The standard InChI is InChI=1S/C22H16F2N6O2/c23-22(24)32-19-4-3-16-15(5-8-26-20(16)29-19)13-6-9-30-18(10-13)17(12-27-30)21(31)28-14-2-1-7-25-11-14/h1-7,9-12,22H,8H2,(H,26,29)(H,28,31). The predicted molar refractivity (Wildman–Crippen MR) is 114 cm³/mol. The van der Waals surface area contributed by atoms with Gasteiger partial charge in [0.05, 0.1) is 29.2 Å². The lowest BCUT2D eigenvalue weighted by Gasteiger charge is -2.19. The highest BCUT2D eigenvalue weighted by Crippen LogP contribution is 2.33. The SMILES string of the molecule is O=C(Nc1cccnc1)c1cnn2ccc(C3=CCNc4nc(OC(F)F)ccc43)cc12. The van der Waals surface area contributed by atoms with Crippen LogP contribution in [0.1, 0.15) is 21.5 Å². The highest BCUT2D eigenvalue weighted by atomic mass is 19.3. The summed E-state index contributed by atoms with van der Waals surface area (Å²) in [5.41, 5.74) is 4.04. The van der Waals surface area contributed by atoms with Gasteiger partial charge in [0.25, 0.3) is 5.91 Å². The highest BCUT2D eigenvalue weighted by Gasteiger charge is 2.19. The second kappa shape index (κ2) is 8.06. The van der Waals surface area contributed by atoms with Crippen molar-refractivity contribution in [3.8, 4) is 5.88 Å². The third-order valence-corrected chi connectivity index (χ3v) is 4.94. The fourth-order valence-electron chi connectivity index (χ4n) is 3.54. The first-order valence-electron chi connectivity index (χ1n) is 9.68. The summed E-state index contributed by atoms with van der Waals surface area (Å²) in [7, 11) is 0. The number of fused-ring (bicyclic) bond motifs is 2. The quantitative estimate of drug-likeness (QED) is 0.496. The zero-order chi connectivity index (χ0) is 22.1. The number of carbonyl (C=O) groups is 1. The van der Waals surface area contributed by atoms with Crippen LogP contribution in [0.5, 0.6) is 5.88 Å². The van der Waals surface area contributed by atoms with E-state index in [-0.39, 0.29) is 11.8 Å². The Bertz CT molecular complexity index is 1340. The largest absolute Gasteiger partial charge is 0.417 e. The minimum absolute atomic E-state index is 0.159. The third-order valence-electron chi connectivity index (χ3n) is 4.94. The molecule has 160 valence electrons. The Morgan fingerprint density at radius 2 is 2.12 bits per heavy atom. The van der Waals surface area contributed by atoms with Crippen LogP contribution in [-0.2, 0) is 0 Å². The average molecular weight is 434 g/mol. The van der Waals surface area contributed by atoms with Gasteiger partial charge >= 0.3 is 6.61 Å². The number of alkyl halides is 2. The van der Waals surface area contributed by atoms with Crippen molar-refractivity contribution in [1.82, 2.24) is 19.6 Å². The van der Waals surface area contributed by atoms with Crippen LogP contribution in [-0.4, -0.2) is 38.6 Å². The van der Waals surface area contributed by atoms with Gasteiger partial charge in [0.2, 0.25) is 5.88 Å². The van der Waals surface area contributed by atoms with Crippen molar-refractivity contribution in [2.24, 2.45) is 0 Å². The Hall–Kier alpha value is -4.34. The van der Waals surface area contributed by atoms with Crippen molar-refractivity contribution in [2.75, 3.05) is 17.2 Å². The zero-order valence-corrected chi connectivity index (χ0v) is 16.5. The molecule has 1 aliphatic heterocycles. The summed E-state index contributed by atoms with van der Waals surface area (Å²) in [4.78, 5) is 20.9. The molecular weight excluding hydrogens is 418 g/mol. The van der Waals surface area contributed by atoms with E-state index in [0.717, 1.165) is 16.7 Å². The number of pyridine rings is 3. The smallest absolute Gasteiger partial charge is 0.388 e. The number of anilines is 2. The number of amides is 1. The van der Waals surface area contributed by atoms with Crippen LogP contribution in [0.4, 0.5) is 20.3 Å². The molecule has 8 nitrogen and oxygen atoms in total. The van der Waals surface area contributed by atoms with Gasteiger partial charge in [-0.3, -0.25) is 9.78 Å². The monoisotopic (exact) mass is 434 g/mol. The molecule has 4 aromatic rings. The molecule has 0 aromatic carbocycles. The van der Waals surface area contributed by atoms with Crippen LogP contribution in [0.3, 0.4) is 0 Å². The van der Waals surface area contributed by atoms with Crippen LogP contribution in [0.15, 0.2) is 67.3 Å². The Labute approximate surface area is 180 Å². The molecule has 5 rings (SSSR count). The maximum absolute atomic E-state index is 12.8. The van der Waals surface area contributed by atoms with Crippen molar-refractivity contribution in [3.63, 3.8) is 0 Å². The zero-order valence-electron chi connectivity index (χ0n) is 16.5. The summed E-state index contributed by atoms with van der Waals surface area (Å²) in [5, 5.41) is 10.1. The number of aromatic nitrogens is 4. The molecule has 0 saturated carbocycles. The van der Waals surface area contributed by atoms with E-state index in [4.69, 9.17) is 0 Å². The van der Waals surface area contributed by atoms with Crippen molar-refractivity contribution >= 4 is 28.5 Å². The van der Waals surface area contributed by atoms with Gasteiger partial charge in [0.15, 0.2) is 0 Å². The van der Waals surface area contributed by atoms with Gasteiger partial charge in [-0.25, -0.2) is 4.52 Å². The van der Waals surface area contributed by atoms with Gasteiger partial charge in [-0.1, -0.05) is 6.08 Å². The molecule has 0 unspecified atom stereocenters. The highest BCUT2D eigenvalue weighted by molar-refractivity contribution is 6.09. The van der Waals surface area contributed by atoms with Crippen molar-refractivity contribution in [3.05, 3.63) is 84.0 Å². The number of carbonyl (C=O) groups excluding carboxylic acids is 1. The van der Waals surface area contributed by atoms with E-state index in [1.54, 1.807) is 41.3 Å². The van der Waals surface area contributed by atoms with Crippen molar-refractivity contribution in [2.45, 2.75) is 6.61 Å². The number of nitrogens with zero attached hydrogens (tertiary/aromatic N) is 4. The fourth-order valence-corrected chi connectivity index (χ4v) is 3.54. The lowest BCUT2D eigenvalue weighted by Crippen LogP contribution is -2.13. The van der Waals surface area contributed by atoms with Gasteiger partial charge in [0.1, 0.15) is 5.82 Å². The topological polar surface area (TPSA) is 93.4 Å². The van der Waals surface area contributed by atoms with E-state index >= 15 is 0 Å². The molecule has 0 aliphatic carbocycles. The summed E-state index contributed by atoms with van der Waals surface area (Å²) in [6.07, 6.45) is 8.42. The molecule has 2 N–H and O–H groups in total. The average Bonchev–Trinajstić information content (AvgIpc) is 3.22. The van der Waals surface area contributed by atoms with Gasteiger partial charge in [0, 0.05) is 30.6 Å². The van der Waals surface area contributed by atoms with Crippen LogP contribution in [0.25, 0.3) is 11.1 Å². The fraction of sp³-hybridized carbons (Fsp3) is 0.0909. The van der Waals surface area contributed by atoms with E-state index < -0.39 is 6.61 Å². The predicted octanol–water partition coefficient (Wildman–Crippen LogP) is 3.84. The lowest BCUT2D eigenvalue weighted by molar-refractivity contribution is -0.0527. The first-order valence-corrected chi connectivity index (χ1v) is 9.68. The van der Waals surface area contributed by atoms with Gasteiger partial charge in [-0.15, -0.1) is 0 Å². The van der Waals surface area contributed by atoms with Gasteiger partial charge < -0.3 is 15.4 Å². The van der Waals surface area contributed by atoms with Crippen molar-refractivity contribution < 1.29 is 18.3 Å². The van der Waals surface area contributed by atoms with E-state index in [2.05, 4.69) is 30.4 Å². The molecule has 4 aromatic heterocycles. The van der Waals surface area contributed by atoms with E-state index in [1.165, 1.54) is 12.3 Å². The molecule has 0 fully saturated rings. The number of rotatable bonds is 5. The lowest BCUT2D eigenvalue weighted by atomic mass is 9.96. The summed E-state index contributed by atoms with van der Waals surface area (Å²) >= 11 is 0. The van der Waals surface area contributed by atoms with Crippen LogP contribution < -0.4 is 15.4 Å². The first-order chi connectivity index (χ1) is 15.6. The number of hydrogen-bond donors (Lipinski definition) is 2. The second-order valence-corrected chi connectivity index (χ2v) is 6.92. The molecule has 10 heteroatoms. The van der Waals surface area contributed by atoms with Gasteiger partial charge in [-0.05, 0) is 41.5 Å². The van der Waals surface area contributed by atoms with Crippen LogP contribution in [0.2, 0.25) is 0 Å². The van der Waals surface area contributed by atoms with Crippen LogP contribution >= 0.6 is 0 Å². The third kappa shape index (κ3) is 3.73. The van der Waals surface area contributed by atoms with E-state index in [9.17, 15) is 13.6 Å². The molecule has 0 radical (unpaired) electrons. The van der Waals surface area contributed by atoms with Gasteiger partial charge in [-0.2, -0.15) is 18.9 Å². The summed E-state index contributed by atoms with van der Waals surface area (Å²) in [5.74, 6) is -0.0167. The molecular formula is C22H16F2N6O2. The number of halogens is 2. The minimum Gasteiger partial charge on any atom is -0.417 e. The van der Waals surface area contributed by atoms with Crippen LogP contribution in [0, 0.1) is 0 Å². The Morgan fingerprint density at radius 1 is 1.22 bits per heavy atom. The Balaban J connectivity index is 1.49.